The van der Waals surface area contributed by atoms with E-state index < -0.39 is 5.97 Å². The van der Waals surface area contributed by atoms with Crippen molar-refractivity contribution in [2.24, 2.45) is 0 Å². The van der Waals surface area contributed by atoms with Crippen LogP contribution in [-0.2, 0) is 16.0 Å². The summed E-state index contributed by atoms with van der Waals surface area (Å²) in [4.78, 5) is 22.1. The number of esters is 1. The van der Waals surface area contributed by atoms with Crippen LogP contribution in [0.15, 0.2) is 12.1 Å². The third kappa shape index (κ3) is 3.30. The van der Waals surface area contributed by atoms with E-state index in [1.165, 1.54) is 12.1 Å². The average Bonchev–Trinajstić information content (AvgIpc) is 2.32. The van der Waals surface area contributed by atoms with Crippen molar-refractivity contribution in [3.05, 3.63) is 33.8 Å². The van der Waals surface area contributed by atoms with Gasteiger partial charge in [0.15, 0.2) is 6.29 Å². The molecule has 0 heterocycles. The number of nitriles is 1. The third-order valence-corrected chi connectivity index (χ3v) is 2.53. The number of hydrogen-bond donors (Lipinski definition) is 0. The molecular formula is C12H10ClNO3. The van der Waals surface area contributed by atoms with E-state index in [9.17, 15) is 9.59 Å². The Balaban J connectivity index is 3.10. The fourth-order valence-electron chi connectivity index (χ4n) is 1.36. The van der Waals surface area contributed by atoms with Crippen LogP contribution in [0.25, 0.3) is 0 Å². The second-order valence-electron chi connectivity index (χ2n) is 3.25. The molecule has 0 bridgehead atoms. The van der Waals surface area contributed by atoms with Crippen molar-refractivity contribution in [2.75, 3.05) is 6.61 Å². The number of aldehydes is 1. The minimum absolute atomic E-state index is 0.0525. The zero-order chi connectivity index (χ0) is 12.8. The predicted octanol–water partition coefficient (Wildman–Crippen LogP) is 2.13. The van der Waals surface area contributed by atoms with Gasteiger partial charge in [0, 0.05) is 5.56 Å². The molecule has 0 N–H and O–H groups in total. The molecule has 0 aliphatic carbocycles. The van der Waals surface area contributed by atoms with E-state index in [1.807, 2.05) is 6.07 Å². The lowest BCUT2D eigenvalue weighted by Crippen LogP contribution is -2.08. The van der Waals surface area contributed by atoms with Gasteiger partial charge in [-0.3, -0.25) is 9.59 Å². The summed E-state index contributed by atoms with van der Waals surface area (Å²) >= 11 is 5.93. The molecule has 17 heavy (non-hydrogen) atoms. The summed E-state index contributed by atoms with van der Waals surface area (Å²) in [7, 11) is 0. The molecular weight excluding hydrogens is 242 g/mol. The SMILES string of the molecule is CCOC(=O)Cc1cc(C#N)cc(C=O)c1Cl. The fraction of sp³-hybridized carbons (Fsp3) is 0.250. The molecule has 0 radical (unpaired) electrons. The number of rotatable bonds is 4. The Labute approximate surface area is 104 Å². The van der Waals surface area contributed by atoms with Gasteiger partial charge >= 0.3 is 5.97 Å². The van der Waals surface area contributed by atoms with E-state index >= 15 is 0 Å². The van der Waals surface area contributed by atoms with Crippen LogP contribution in [-0.4, -0.2) is 18.9 Å². The van der Waals surface area contributed by atoms with Gasteiger partial charge in [-0.25, -0.2) is 0 Å². The van der Waals surface area contributed by atoms with Crippen LogP contribution < -0.4 is 0 Å². The van der Waals surface area contributed by atoms with Gasteiger partial charge in [0.05, 0.1) is 29.7 Å². The molecule has 0 aliphatic rings. The molecule has 88 valence electrons. The molecule has 0 unspecified atom stereocenters. The van der Waals surface area contributed by atoms with Crippen molar-refractivity contribution >= 4 is 23.9 Å². The van der Waals surface area contributed by atoms with Gasteiger partial charge in [-0.05, 0) is 24.6 Å². The van der Waals surface area contributed by atoms with Crippen LogP contribution in [0.1, 0.15) is 28.4 Å². The van der Waals surface area contributed by atoms with Crippen molar-refractivity contribution < 1.29 is 14.3 Å². The largest absolute Gasteiger partial charge is 0.466 e. The molecule has 0 aliphatic heterocycles. The Bertz CT molecular complexity index is 491. The number of halogens is 1. The maximum atomic E-state index is 11.3. The van der Waals surface area contributed by atoms with Gasteiger partial charge in [0.1, 0.15) is 0 Å². The molecule has 4 nitrogen and oxygen atoms in total. The fourth-order valence-corrected chi connectivity index (χ4v) is 1.58. The van der Waals surface area contributed by atoms with Gasteiger partial charge < -0.3 is 4.74 Å². The Morgan fingerprint density at radius 1 is 1.59 bits per heavy atom. The summed E-state index contributed by atoms with van der Waals surface area (Å²) < 4.78 is 4.78. The molecule has 1 aromatic carbocycles. The van der Waals surface area contributed by atoms with E-state index in [2.05, 4.69) is 0 Å². The van der Waals surface area contributed by atoms with Gasteiger partial charge in [0.2, 0.25) is 0 Å². The zero-order valence-corrected chi connectivity index (χ0v) is 9.95. The van der Waals surface area contributed by atoms with Gasteiger partial charge in [0.25, 0.3) is 0 Å². The first-order valence-corrected chi connectivity index (χ1v) is 5.33. The highest BCUT2D eigenvalue weighted by Crippen LogP contribution is 2.22. The number of benzene rings is 1. The van der Waals surface area contributed by atoms with E-state index in [4.69, 9.17) is 21.6 Å². The first kappa shape index (κ1) is 13.2. The van der Waals surface area contributed by atoms with Crippen LogP contribution in [0.2, 0.25) is 5.02 Å². The molecule has 0 saturated carbocycles. The highest BCUT2D eigenvalue weighted by atomic mass is 35.5. The Morgan fingerprint density at radius 3 is 2.82 bits per heavy atom. The molecule has 0 aromatic heterocycles. The van der Waals surface area contributed by atoms with Gasteiger partial charge in [-0.2, -0.15) is 5.26 Å². The first-order valence-electron chi connectivity index (χ1n) is 4.95. The molecule has 1 aromatic rings. The Kier molecular flexibility index (Phi) is 4.68. The van der Waals surface area contributed by atoms with Crippen LogP contribution in [0.5, 0.6) is 0 Å². The quantitative estimate of drug-likeness (QED) is 0.607. The zero-order valence-electron chi connectivity index (χ0n) is 9.20. The van der Waals surface area contributed by atoms with Gasteiger partial charge in [-0.1, -0.05) is 11.6 Å². The van der Waals surface area contributed by atoms with E-state index in [-0.39, 0.29) is 29.2 Å². The number of ether oxygens (including phenoxy) is 1. The Morgan fingerprint density at radius 2 is 2.29 bits per heavy atom. The maximum Gasteiger partial charge on any atom is 0.310 e. The minimum atomic E-state index is -0.443. The van der Waals surface area contributed by atoms with Crippen molar-refractivity contribution in [1.82, 2.24) is 0 Å². The number of carbonyl (C=O) groups is 2. The molecule has 0 spiro atoms. The molecule has 0 amide bonds. The molecule has 5 heteroatoms. The topological polar surface area (TPSA) is 67.2 Å². The molecule has 1 rings (SSSR count). The summed E-state index contributed by atoms with van der Waals surface area (Å²) in [5, 5.41) is 8.97. The van der Waals surface area contributed by atoms with Crippen LogP contribution in [0.4, 0.5) is 0 Å². The van der Waals surface area contributed by atoms with Crippen molar-refractivity contribution in [2.45, 2.75) is 13.3 Å². The number of carbonyl (C=O) groups excluding carboxylic acids is 2. The summed E-state index contributed by atoms with van der Waals surface area (Å²) in [6.45, 7) is 1.97. The lowest BCUT2D eigenvalue weighted by Gasteiger charge is -2.06. The second-order valence-corrected chi connectivity index (χ2v) is 3.63. The molecule has 0 fully saturated rings. The van der Waals surface area contributed by atoms with Crippen LogP contribution in [0, 0.1) is 11.3 Å². The normalized spacial score (nSPS) is 9.47. The number of hydrogen-bond acceptors (Lipinski definition) is 4. The summed E-state index contributed by atoms with van der Waals surface area (Å²) in [5.74, 6) is -0.443. The highest BCUT2D eigenvalue weighted by molar-refractivity contribution is 6.34. The van der Waals surface area contributed by atoms with Crippen molar-refractivity contribution in [3.8, 4) is 6.07 Å². The summed E-state index contributed by atoms with van der Waals surface area (Å²) in [6, 6.07) is 4.76. The van der Waals surface area contributed by atoms with E-state index in [0.717, 1.165) is 0 Å². The highest BCUT2D eigenvalue weighted by Gasteiger charge is 2.12. The lowest BCUT2D eigenvalue weighted by atomic mass is 10.0. The van der Waals surface area contributed by atoms with Gasteiger partial charge in [-0.15, -0.1) is 0 Å². The van der Waals surface area contributed by atoms with E-state index in [0.29, 0.717) is 11.8 Å². The van der Waals surface area contributed by atoms with Crippen molar-refractivity contribution in [1.29, 1.82) is 5.26 Å². The lowest BCUT2D eigenvalue weighted by molar-refractivity contribution is -0.142. The van der Waals surface area contributed by atoms with Crippen LogP contribution >= 0.6 is 11.6 Å². The van der Waals surface area contributed by atoms with E-state index in [1.54, 1.807) is 6.92 Å². The standard InChI is InChI=1S/C12H10ClNO3/c1-2-17-11(16)5-9-3-8(6-14)4-10(7-15)12(9)13/h3-4,7H,2,5H2,1H3. The number of nitrogens with zero attached hydrogens (tertiary/aromatic N) is 1. The molecule has 0 saturated heterocycles. The summed E-state index contributed by atoms with van der Waals surface area (Å²) in [5.41, 5.74) is 0.909. The molecule has 0 atom stereocenters. The second kappa shape index (κ2) is 6.02. The van der Waals surface area contributed by atoms with Crippen LogP contribution in [0.3, 0.4) is 0 Å². The smallest absolute Gasteiger partial charge is 0.310 e. The summed E-state index contributed by atoms with van der Waals surface area (Å²) in [6.07, 6.45) is 0.501. The monoisotopic (exact) mass is 251 g/mol. The average molecular weight is 252 g/mol. The van der Waals surface area contributed by atoms with Crippen molar-refractivity contribution in [3.63, 3.8) is 0 Å². The third-order valence-electron chi connectivity index (χ3n) is 2.07. The minimum Gasteiger partial charge on any atom is -0.466 e. The predicted molar refractivity (Wildman–Crippen MR) is 61.9 cm³/mol. The maximum absolute atomic E-state index is 11.3. The first-order chi connectivity index (χ1) is 8.12. The Hall–Kier alpha value is -1.86.